The molecule has 4 rings (SSSR count). The molecule has 0 saturated carbocycles. The van der Waals surface area contributed by atoms with E-state index in [1.807, 2.05) is 35.9 Å². The van der Waals surface area contributed by atoms with E-state index in [4.69, 9.17) is 27.9 Å². The number of likely N-dealkylation sites (N-methyl/N-ethyl adjacent to an activating group) is 1. The molecule has 3 aromatic heterocycles. The number of halogens is 2. The number of fused-ring (bicyclic) bond motifs is 1. The third kappa shape index (κ3) is 5.64. The topological polar surface area (TPSA) is 101 Å². The van der Waals surface area contributed by atoms with Crippen molar-refractivity contribution in [1.82, 2.24) is 19.7 Å². The molecule has 0 atom stereocenters. The molecule has 180 valence electrons. The number of nitrogens with zero attached hydrogens (tertiary/aromatic N) is 4. The largest absolute Gasteiger partial charge is 0.485 e. The highest BCUT2D eigenvalue weighted by molar-refractivity contribution is 6.38. The van der Waals surface area contributed by atoms with Gasteiger partial charge in [-0.3, -0.25) is 9.78 Å². The second kappa shape index (κ2) is 10.6. The number of benzene rings is 1. The number of hydrogen-bond acceptors (Lipinski definition) is 5. The van der Waals surface area contributed by atoms with Gasteiger partial charge in [0.2, 0.25) is 5.91 Å². The SMILES string of the molecule is Cc1cn2cccc(OCc3c(Cl)ccc(N(C)C(=O)CNC(=O)Nc4ccncc4)c3Cl)c2n1. The molecular weight excluding hydrogens is 491 g/mol. The summed E-state index contributed by atoms with van der Waals surface area (Å²) in [5, 5.41) is 5.83. The van der Waals surface area contributed by atoms with Crippen LogP contribution in [0.4, 0.5) is 16.2 Å². The number of hydrogen-bond donors (Lipinski definition) is 2. The molecule has 0 unspecified atom stereocenters. The second-order valence-corrected chi connectivity index (χ2v) is 8.41. The minimum atomic E-state index is -0.516. The lowest BCUT2D eigenvalue weighted by atomic mass is 10.2. The Labute approximate surface area is 211 Å². The van der Waals surface area contributed by atoms with E-state index >= 15 is 0 Å². The Kier molecular flexibility index (Phi) is 7.38. The van der Waals surface area contributed by atoms with Crippen LogP contribution in [0.15, 0.2) is 61.2 Å². The Hall–Kier alpha value is -3.82. The van der Waals surface area contributed by atoms with Gasteiger partial charge in [0.05, 0.1) is 22.9 Å². The van der Waals surface area contributed by atoms with Crippen LogP contribution in [0.5, 0.6) is 5.75 Å². The number of aromatic nitrogens is 3. The first-order valence-corrected chi connectivity index (χ1v) is 11.3. The molecule has 0 radical (unpaired) electrons. The summed E-state index contributed by atoms with van der Waals surface area (Å²) in [5.41, 5.74) is 3.06. The molecule has 0 fully saturated rings. The van der Waals surface area contributed by atoms with Gasteiger partial charge in [0, 0.05) is 48.1 Å². The summed E-state index contributed by atoms with van der Waals surface area (Å²) < 4.78 is 7.86. The van der Waals surface area contributed by atoms with Crippen molar-refractivity contribution in [2.24, 2.45) is 0 Å². The van der Waals surface area contributed by atoms with Crippen LogP contribution in [0.2, 0.25) is 10.0 Å². The quantitative estimate of drug-likeness (QED) is 0.373. The average Bonchev–Trinajstić information content (AvgIpc) is 3.23. The lowest BCUT2D eigenvalue weighted by Gasteiger charge is -2.21. The number of anilines is 2. The van der Waals surface area contributed by atoms with E-state index in [-0.39, 0.29) is 24.1 Å². The summed E-state index contributed by atoms with van der Waals surface area (Å²) in [6.45, 7) is 1.74. The van der Waals surface area contributed by atoms with E-state index in [2.05, 4.69) is 20.6 Å². The van der Waals surface area contributed by atoms with Crippen LogP contribution in [-0.4, -0.2) is 39.9 Å². The maximum atomic E-state index is 12.7. The van der Waals surface area contributed by atoms with Crippen LogP contribution in [0, 0.1) is 6.92 Å². The number of nitrogens with one attached hydrogen (secondary N) is 2. The van der Waals surface area contributed by atoms with Crippen LogP contribution in [0.25, 0.3) is 5.65 Å². The Morgan fingerprint density at radius 1 is 1.14 bits per heavy atom. The van der Waals surface area contributed by atoms with Gasteiger partial charge in [0.1, 0.15) is 6.61 Å². The predicted octanol–water partition coefficient (Wildman–Crippen LogP) is 4.71. The van der Waals surface area contributed by atoms with Gasteiger partial charge < -0.3 is 24.7 Å². The lowest BCUT2D eigenvalue weighted by molar-refractivity contribution is -0.117. The molecule has 0 aliphatic rings. The fourth-order valence-corrected chi connectivity index (χ4v) is 3.97. The Morgan fingerprint density at radius 3 is 2.69 bits per heavy atom. The molecule has 1 aromatic carbocycles. The van der Waals surface area contributed by atoms with E-state index in [1.165, 1.54) is 4.90 Å². The number of imidazole rings is 1. The molecule has 0 bridgehead atoms. The van der Waals surface area contributed by atoms with Gasteiger partial charge in [-0.25, -0.2) is 9.78 Å². The van der Waals surface area contributed by atoms with E-state index in [9.17, 15) is 9.59 Å². The van der Waals surface area contributed by atoms with Crippen LogP contribution in [-0.2, 0) is 11.4 Å². The number of carbonyl (C=O) groups is 2. The molecule has 2 N–H and O–H groups in total. The van der Waals surface area contributed by atoms with Crippen molar-refractivity contribution in [1.29, 1.82) is 0 Å². The molecule has 3 heterocycles. The van der Waals surface area contributed by atoms with Crippen molar-refractivity contribution in [3.8, 4) is 5.75 Å². The summed E-state index contributed by atoms with van der Waals surface area (Å²) in [4.78, 5) is 34.5. The molecule has 0 aliphatic carbocycles. The summed E-state index contributed by atoms with van der Waals surface area (Å²) >= 11 is 13.0. The van der Waals surface area contributed by atoms with E-state index in [1.54, 1.807) is 43.7 Å². The van der Waals surface area contributed by atoms with Gasteiger partial charge in [0.25, 0.3) is 0 Å². The highest BCUT2D eigenvalue weighted by Crippen LogP contribution is 2.35. The summed E-state index contributed by atoms with van der Waals surface area (Å²) in [6, 6.07) is 9.71. The number of ether oxygens (including phenoxy) is 1. The van der Waals surface area contributed by atoms with Crippen molar-refractivity contribution in [3.05, 3.63) is 82.5 Å². The smallest absolute Gasteiger partial charge is 0.319 e. The van der Waals surface area contributed by atoms with Gasteiger partial charge >= 0.3 is 6.03 Å². The van der Waals surface area contributed by atoms with Crippen molar-refractivity contribution >= 4 is 52.2 Å². The summed E-state index contributed by atoms with van der Waals surface area (Å²) in [7, 11) is 1.57. The van der Waals surface area contributed by atoms with Crippen molar-refractivity contribution < 1.29 is 14.3 Å². The number of urea groups is 1. The first-order chi connectivity index (χ1) is 16.8. The first-order valence-electron chi connectivity index (χ1n) is 10.6. The van der Waals surface area contributed by atoms with Crippen LogP contribution < -0.4 is 20.3 Å². The van der Waals surface area contributed by atoms with Crippen molar-refractivity contribution in [2.45, 2.75) is 13.5 Å². The highest BCUT2D eigenvalue weighted by Gasteiger charge is 2.19. The maximum absolute atomic E-state index is 12.7. The number of pyridine rings is 2. The molecule has 9 nitrogen and oxygen atoms in total. The van der Waals surface area contributed by atoms with E-state index in [0.29, 0.717) is 33.4 Å². The number of carbonyl (C=O) groups excluding carboxylic acids is 2. The van der Waals surface area contributed by atoms with Crippen molar-refractivity contribution in [3.63, 3.8) is 0 Å². The summed E-state index contributed by atoms with van der Waals surface area (Å²) in [5.74, 6) is 0.204. The highest BCUT2D eigenvalue weighted by atomic mass is 35.5. The van der Waals surface area contributed by atoms with Gasteiger partial charge in [-0.1, -0.05) is 23.2 Å². The second-order valence-electron chi connectivity index (χ2n) is 7.63. The molecule has 0 aliphatic heterocycles. The standard InChI is InChI=1S/C24H22Cl2N6O3/c1-15-13-32-11-3-4-20(23(32)29-15)35-14-17-18(25)5-6-19(22(17)26)31(2)21(33)12-28-24(34)30-16-7-9-27-10-8-16/h3-11,13H,12,14H2,1-2H3,(H2,27,28,30,34). The average molecular weight is 513 g/mol. The first kappa shape index (κ1) is 24.3. The van der Waals surface area contributed by atoms with Crippen LogP contribution >= 0.6 is 23.2 Å². The minimum absolute atomic E-state index is 0.0751. The zero-order valence-corrected chi connectivity index (χ0v) is 20.5. The number of aryl methyl sites for hydroxylation is 1. The van der Waals surface area contributed by atoms with E-state index < -0.39 is 6.03 Å². The Balaban J connectivity index is 1.43. The molecule has 0 spiro atoms. The number of amides is 3. The fourth-order valence-electron chi connectivity index (χ4n) is 3.37. The third-order valence-electron chi connectivity index (χ3n) is 5.18. The molecular formula is C24H22Cl2N6O3. The van der Waals surface area contributed by atoms with Gasteiger partial charge in [-0.15, -0.1) is 0 Å². The fraction of sp³-hybridized carbons (Fsp3) is 0.167. The molecule has 3 amide bonds. The normalized spacial score (nSPS) is 10.7. The predicted molar refractivity (Wildman–Crippen MR) is 135 cm³/mol. The Bertz CT molecular complexity index is 1380. The van der Waals surface area contributed by atoms with Crippen LogP contribution in [0.3, 0.4) is 0 Å². The molecule has 4 aromatic rings. The zero-order valence-electron chi connectivity index (χ0n) is 19.0. The van der Waals surface area contributed by atoms with Crippen molar-refractivity contribution in [2.75, 3.05) is 23.8 Å². The molecule has 0 saturated heterocycles. The van der Waals surface area contributed by atoms with Gasteiger partial charge in [-0.2, -0.15) is 0 Å². The monoisotopic (exact) mass is 512 g/mol. The summed E-state index contributed by atoms with van der Waals surface area (Å²) in [6.07, 6.45) is 6.88. The molecule has 35 heavy (non-hydrogen) atoms. The molecule has 11 heteroatoms. The minimum Gasteiger partial charge on any atom is -0.485 e. The van der Waals surface area contributed by atoms with Crippen LogP contribution in [0.1, 0.15) is 11.3 Å². The maximum Gasteiger partial charge on any atom is 0.319 e. The van der Waals surface area contributed by atoms with Gasteiger partial charge in [0.15, 0.2) is 11.4 Å². The zero-order chi connectivity index (χ0) is 24.9. The van der Waals surface area contributed by atoms with Gasteiger partial charge in [-0.05, 0) is 43.3 Å². The number of rotatable bonds is 7. The lowest BCUT2D eigenvalue weighted by Crippen LogP contribution is -2.40. The third-order valence-corrected chi connectivity index (χ3v) is 5.95. The van der Waals surface area contributed by atoms with E-state index in [0.717, 1.165) is 5.69 Å². The Morgan fingerprint density at radius 2 is 1.91 bits per heavy atom.